The summed E-state index contributed by atoms with van der Waals surface area (Å²) >= 11 is 0. The number of carboxylic acid groups (broad SMARTS) is 2. The molecule has 0 amide bonds. The fourth-order valence-corrected chi connectivity index (χ4v) is 1.66. The molecule has 0 radical (unpaired) electrons. The first kappa shape index (κ1) is 13.3. The van der Waals surface area contributed by atoms with Gasteiger partial charge in [0.25, 0.3) is 0 Å². The van der Waals surface area contributed by atoms with E-state index in [0.717, 1.165) is 0 Å². The number of hydrogen-bond acceptors (Lipinski definition) is 5. The summed E-state index contributed by atoms with van der Waals surface area (Å²) in [7, 11) is 0. The van der Waals surface area contributed by atoms with E-state index in [1.807, 2.05) is 0 Å². The number of hydrogen-bond donors (Lipinski definition) is 2. The van der Waals surface area contributed by atoms with Crippen molar-refractivity contribution in [3.8, 4) is 0 Å². The van der Waals surface area contributed by atoms with E-state index in [1.165, 1.54) is 36.7 Å². The second-order valence-electron chi connectivity index (χ2n) is 3.74. The molecule has 2 aromatic rings. The lowest BCUT2D eigenvalue weighted by Gasteiger charge is -2.06. The fourth-order valence-electron chi connectivity index (χ4n) is 1.66. The number of rotatable bonds is 4. The van der Waals surface area contributed by atoms with Crippen molar-refractivity contribution in [3.63, 3.8) is 0 Å². The van der Waals surface area contributed by atoms with Gasteiger partial charge in [-0.3, -0.25) is 4.79 Å². The first-order valence-corrected chi connectivity index (χ1v) is 5.43. The second kappa shape index (κ2) is 5.27. The monoisotopic (exact) mass is 272 g/mol. The van der Waals surface area contributed by atoms with Crippen LogP contribution in [0.25, 0.3) is 0 Å². The highest BCUT2D eigenvalue weighted by molar-refractivity contribution is 6.16. The Labute approximate surface area is 112 Å². The normalized spacial score (nSPS) is 10.0. The third-order valence-corrected chi connectivity index (χ3v) is 2.51. The van der Waals surface area contributed by atoms with Gasteiger partial charge in [0.05, 0.1) is 11.1 Å². The van der Waals surface area contributed by atoms with E-state index in [0.29, 0.717) is 0 Å². The molecule has 0 atom stereocenters. The van der Waals surface area contributed by atoms with E-state index in [2.05, 4.69) is 9.97 Å². The molecule has 0 saturated heterocycles. The predicted octanol–water partition coefficient (Wildman–Crippen LogP) is 1.10. The van der Waals surface area contributed by atoms with Gasteiger partial charge < -0.3 is 10.2 Å². The number of carbonyl (C=O) groups excluding carboxylic acids is 1. The number of ketones is 1. The number of aromatic carboxylic acids is 2. The van der Waals surface area contributed by atoms with E-state index in [1.54, 1.807) is 0 Å². The van der Waals surface area contributed by atoms with E-state index in [4.69, 9.17) is 10.2 Å². The van der Waals surface area contributed by atoms with Gasteiger partial charge in [0.15, 0.2) is 17.2 Å². The SMILES string of the molecule is O=C(c1cccnc1C(=O)O)c1cccnc1C(=O)O. The zero-order valence-electron chi connectivity index (χ0n) is 9.98. The Morgan fingerprint density at radius 2 is 1.20 bits per heavy atom. The summed E-state index contributed by atoms with van der Waals surface area (Å²) in [6, 6.07) is 5.35. The largest absolute Gasteiger partial charge is 0.476 e. The van der Waals surface area contributed by atoms with Crippen LogP contribution in [0.3, 0.4) is 0 Å². The van der Waals surface area contributed by atoms with Gasteiger partial charge in [-0.1, -0.05) is 0 Å². The van der Waals surface area contributed by atoms with Crippen LogP contribution < -0.4 is 0 Å². The molecule has 100 valence electrons. The van der Waals surface area contributed by atoms with Crippen molar-refractivity contribution >= 4 is 17.7 Å². The van der Waals surface area contributed by atoms with Crippen LogP contribution in [-0.4, -0.2) is 37.9 Å². The topological polar surface area (TPSA) is 117 Å². The predicted molar refractivity (Wildman–Crippen MR) is 65.8 cm³/mol. The van der Waals surface area contributed by atoms with Crippen molar-refractivity contribution in [1.82, 2.24) is 9.97 Å². The van der Waals surface area contributed by atoms with Crippen molar-refractivity contribution in [1.29, 1.82) is 0 Å². The zero-order valence-corrected chi connectivity index (χ0v) is 9.98. The van der Waals surface area contributed by atoms with E-state index in [9.17, 15) is 14.4 Å². The highest BCUT2D eigenvalue weighted by Gasteiger charge is 2.23. The number of carboxylic acids is 2. The highest BCUT2D eigenvalue weighted by atomic mass is 16.4. The summed E-state index contributed by atoms with van der Waals surface area (Å²) in [5.41, 5.74) is -1.23. The van der Waals surface area contributed by atoms with Gasteiger partial charge in [-0.2, -0.15) is 0 Å². The zero-order chi connectivity index (χ0) is 14.7. The van der Waals surface area contributed by atoms with Crippen molar-refractivity contribution in [2.75, 3.05) is 0 Å². The molecule has 0 aliphatic heterocycles. The van der Waals surface area contributed by atoms with E-state index in [-0.39, 0.29) is 11.1 Å². The minimum absolute atomic E-state index is 0.185. The molecule has 7 nitrogen and oxygen atoms in total. The molecule has 0 aliphatic rings. The van der Waals surface area contributed by atoms with Gasteiger partial charge >= 0.3 is 11.9 Å². The lowest BCUT2D eigenvalue weighted by Crippen LogP contribution is -2.15. The van der Waals surface area contributed by atoms with Crippen LogP contribution in [0, 0.1) is 0 Å². The van der Waals surface area contributed by atoms with E-state index < -0.39 is 29.1 Å². The van der Waals surface area contributed by atoms with Crippen LogP contribution in [0.4, 0.5) is 0 Å². The molecule has 0 unspecified atom stereocenters. The highest BCUT2D eigenvalue weighted by Crippen LogP contribution is 2.15. The molecular formula is C13H8N2O5. The molecule has 2 N–H and O–H groups in total. The molecule has 0 aromatic carbocycles. The maximum absolute atomic E-state index is 12.3. The lowest BCUT2D eigenvalue weighted by atomic mass is 10.0. The van der Waals surface area contributed by atoms with Crippen LogP contribution in [0.5, 0.6) is 0 Å². The molecule has 0 aliphatic carbocycles. The van der Waals surface area contributed by atoms with Crippen LogP contribution in [0.15, 0.2) is 36.7 Å². The summed E-state index contributed by atoms with van der Waals surface area (Å²) < 4.78 is 0. The van der Waals surface area contributed by atoms with Crippen molar-refractivity contribution in [2.24, 2.45) is 0 Å². The number of carbonyl (C=O) groups is 3. The van der Waals surface area contributed by atoms with Crippen LogP contribution in [-0.2, 0) is 0 Å². The second-order valence-corrected chi connectivity index (χ2v) is 3.74. The number of nitrogens with zero attached hydrogens (tertiary/aromatic N) is 2. The summed E-state index contributed by atoms with van der Waals surface area (Å²) in [4.78, 5) is 41.6. The quantitative estimate of drug-likeness (QED) is 0.800. The Morgan fingerprint density at radius 3 is 1.55 bits per heavy atom. The molecule has 0 spiro atoms. The van der Waals surface area contributed by atoms with Gasteiger partial charge in [-0.15, -0.1) is 0 Å². The molecule has 2 aromatic heterocycles. The fraction of sp³-hybridized carbons (Fsp3) is 0. The molecule has 7 heteroatoms. The Bertz CT molecular complexity index is 652. The molecule has 2 heterocycles. The maximum atomic E-state index is 12.3. The summed E-state index contributed by atoms with van der Waals surface area (Å²) in [5.74, 6) is -3.48. The summed E-state index contributed by atoms with van der Waals surface area (Å²) in [6.07, 6.45) is 2.48. The average molecular weight is 272 g/mol. The molecule has 0 bridgehead atoms. The first-order valence-electron chi connectivity index (χ1n) is 5.43. The number of pyridine rings is 2. The van der Waals surface area contributed by atoms with Crippen LogP contribution in [0.2, 0.25) is 0 Å². The summed E-state index contributed by atoms with van der Waals surface area (Å²) in [5, 5.41) is 18.0. The molecule has 0 saturated carbocycles. The summed E-state index contributed by atoms with van der Waals surface area (Å²) in [6.45, 7) is 0. The van der Waals surface area contributed by atoms with Crippen LogP contribution in [0.1, 0.15) is 36.9 Å². The first-order chi connectivity index (χ1) is 9.52. The van der Waals surface area contributed by atoms with Gasteiger partial charge in [0.2, 0.25) is 0 Å². The molecule has 20 heavy (non-hydrogen) atoms. The average Bonchev–Trinajstić information content (AvgIpc) is 2.46. The Kier molecular flexibility index (Phi) is 3.52. The molecule has 0 fully saturated rings. The Hall–Kier alpha value is -3.09. The third kappa shape index (κ3) is 2.37. The maximum Gasteiger partial charge on any atom is 0.355 e. The molecule has 2 rings (SSSR count). The van der Waals surface area contributed by atoms with Crippen LogP contribution >= 0.6 is 0 Å². The minimum atomic E-state index is -1.37. The van der Waals surface area contributed by atoms with Gasteiger partial charge in [-0.25, -0.2) is 19.6 Å². The van der Waals surface area contributed by atoms with Crippen molar-refractivity contribution in [3.05, 3.63) is 59.2 Å². The Balaban J connectivity index is 2.59. The number of aromatic nitrogens is 2. The third-order valence-electron chi connectivity index (χ3n) is 2.51. The van der Waals surface area contributed by atoms with Crippen molar-refractivity contribution in [2.45, 2.75) is 0 Å². The van der Waals surface area contributed by atoms with Crippen molar-refractivity contribution < 1.29 is 24.6 Å². The Morgan fingerprint density at radius 1 is 0.800 bits per heavy atom. The van der Waals surface area contributed by atoms with Gasteiger partial charge in [-0.05, 0) is 24.3 Å². The van der Waals surface area contributed by atoms with Gasteiger partial charge in [0.1, 0.15) is 0 Å². The molecular weight excluding hydrogens is 264 g/mol. The van der Waals surface area contributed by atoms with Gasteiger partial charge in [0, 0.05) is 12.4 Å². The minimum Gasteiger partial charge on any atom is -0.476 e. The standard InChI is InChI=1S/C13H8N2O5/c16-11(7-3-1-5-14-9(7)12(17)18)8-4-2-6-15-10(8)13(19)20/h1-6H,(H,17,18)(H,19,20). The smallest absolute Gasteiger partial charge is 0.355 e. The lowest BCUT2D eigenvalue weighted by molar-refractivity contribution is 0.0680. The van der Waals surface area contributed by atoms with E-state index >= 15 is 0 Å².